The quantitative estimate of drug-likeness (QED) is 0.372. The van der Waals surface area contributed by atoms with Gasteiger partial charge >= 0.3 is 0 Å². The van der Waals surface area contributed by atoms with Gasteiger partial charge in [0, 0.05) is 25.2 Å². The minimum Gasteiger partial charge on any atom is -0.357 e. The number of unbranched alkanes of at least 4 members (excludes halogenated alkanes) is 1. The van der Waals surface area contributed by atoms with Crippen LogP contribution in [0.3, 0.4) is 0 Å². The molecular formula is C18H30N4O. The zero-order valence-corrected chi connectivity index (χ0v) is 14.6. The van der Waals surface area contributed by atoms with E-state index in [1.807, 2.05) is 31.2 Å². The molecule has 1 aromatic carbocycles. The summed E-state index contributed by atoms with van der Waals surface area (Å²) < 4.78 is 0. The van der Waals surface area contributed by atoms with E-state index < -0.39 is 0 Å². The van der Waals surface area contributed by atoms with E-state index in [0.29, 0.717) is 13.0 Å². The van der Waals surface area contributed by atoms with Crippen molar-refractivity contribution in [3.8, 4) is 0 Å². The largest absolute Gasteiger partial charge is 0.357 e. The highest BCUT2D eigenvalue weighted by molar-refractivity contribution is 5.90. The highest BCUT2D eigenvalue weighted by Gasteiger charge is 2.02. The van der Waals surface area contributed by atoms with Crippen LogP contribution in [0.25, 0.3) is 0 Å². The van der Waals surface area contributed by atoms with Gasteiger partial charge in [-0.1, -0.05) is 32.4 Å². The Kier molecular flexibility index (Phi) is 9.52. The molecule has 0 fully saturated rings. The van der Waals surface area contributed by atoms with Crippen LogP contribution in [0, 0.1) is 0 Å². The fourth-order valence-corrected chi connectivity index (χ4v) is 2.09. The van der Waals surface area contributed by atoms with E-state index >= 15 is 0 Å². The van der Waals surface area contributed by atoms with Crippen LogP contribution in [0.5, 0.6) is 0 Å². The number of hydrogen-bond acceptors (Lipinski definition) is 2. The van der Waals surface area contributed by atoms with Crippen LogP contribution >= 0.6 is 0 Å². The van der Waals surface area contributed by atoms with Crippen molar-refractivity contribution in [1.82, 2.24) is 10.6 Å². The van der Waals surface area contributed by atoms with Gasteiger partial charge in [-0.3, -0.25) is 4.79 Å². The van der Waals surface area contributed by atoms with Crippen molar-refractivity contribution in [1.29, 1.82) is 0 Å². The lowest BCUT2D eigenvalue weighted by Gasteiger charge is -2.11. The molecular weight excluding hydrogens is 288 g/mol. The smallest absolute Gasteiger partial charge is 0.224 e. The van der Waals surface area contributed by atoms with Crippen molar-refractivity contribution < 1.29 is 4.79 Å². The van der Waals surface area contributed by atoms with Crippen molar-refractivity contribution in [2.45, 2.75) is 53.0 Å². The van der Waals surface area contributed by atoms with Gasteiger partial charge in [0.1, 0.15) is 0 Å². The molecule has 0 saturated heterocycles. The Labute approximate surface area is 140 Å². The monoisotopic (exact) mass is 318 g/mol. The van der Waals surface area contributed by atoms with Crippen LogP contribution in [0.4, 0.5) is 5.69 Å². The molecule has 128 valence electrons. The van der Waals surface area contributed by atoms with Crippen molar-refractivity contribution in [2.24, 2.45) is 4.99 Å². The van der Waals surface area contributed by atoms with Crippen LogP contribution in [0.1, 0.15) is 52.0 Å². The first-order valence-corrected chi connectivity index (χ1v) is 8.60. The zero-order chi connectivity index (χ0) is 16.9. The SMILES string of the molecule is CCCCNC(=NCc1cccc(NC(=O)CCC)c1)NCC. The first-order chi connectivity index (χ1) is 11.2. The zero-order valence-electron chi connectivity index (χ0n) is 14.6. The Morgan fingerprint density at radius 3 is 2.65 bits per heavy atom. The first kappa shape index (κ1) is 19.0. The lowest BCUT2D eigenvalue weighted by atomic mass is 10.2. The molecule has 0 spiro atoms. The summed E-state index contributed by atoms with van der Waals surface area (Å²) in [5.41, 5.74) is 1.91. The van der Waals surface area contributed by atoms with Gasteiger partial charge in [-0.15, -0.1) is 0 Å². The summed E-state index contributed by atoms with van der Waals surface area (Å²) in [5, 5.41) is 9.49. The fraction of sp³-hybridized carbons (Fsp3) is 0.556. The van der Waals surface area contributed by atoms with Gasteiger partial charge in [-0.05, 0) is 37.5 Å². The van der Waals surface area contributed by atoms with E-state index in [1.54, 1.807) is 0 Å². The molecule has 0 aliphatic heterocycles. The topological polar surface area (TPSA) is 65.5 Å². The Hall–Kier alpha value is -2.04. The summed E-state index contributed by atoms with van der Waals surface area (Å²) in [7, 11) is 0. The maximum absolute atomic E-state index is 11.7. The van der Waals surface area contributed by atoms with Crippen LogP contribution in [0.2, 0.25) is 0 Å². The standard InChI is InChI=1S/C18H30N4O/c1-4-7-12-20-18(19-6-3)21-14-15-10-8-11-16(13-15)22-17(23)9-5-2/h8,10-11,13H,4-7,9,12,14H2,1-3H3,(H,22,23)(H2,19,20,21). The van der Waals surface area contributed by atoms with E-state index in [1.165, 1.54) is 0 Å². The molecule has 0 aliphatic carbocycles. The second kappa shape index (κ2) is 11.5. The lowest BCUT2D eigenvalue weighted by molar-refractivity contribution is -0.116. The van der Waals surface area contributed by atoms with Crippen molar-refractivity contribution in [3.05, 3.63) is 29.8 Å². The number of carbonyl (C=O) groups excluding carboxylic acids is 1. The molecule has 0 atom stereocenters. The molecule has 0 saturated carbocycles. The molecule has 0 bridgehead atoms. The minimum absolute atomic E-state index is 0.0581. The molecule has 0 unspecified atom stereocenters. The predicted octanol–water partition coefficient (Wildman–Crippen LogP) is 3.28. The van der Waals surface area contributed by atoms with Gasteiger partial charge in [0.05, 0.1) is 6.54 Å². The molecule has 0 aliphatic rings. The number of amides is 1. The Bertz CT molecular complexity index is 500. The second-order valence-electron chi connectivity index (χ2n) is 5.47. The van der Waals surface area contributed by atoms with Crippen molar-refractivity contribution in [3.63, 3.8) is 0 Å². The molecule has 3 N–H and O–H groups in total. The van der Waals surface area contributed by atoms with Gasteiger partial charge in [0.2, 0.25) is 5.91 Å². The highest BCUT2D eigenvalue weighted by Crippen LogP contribution is 2.12. The summed E-state index contributed by atoms with van der Waals surface area (Å²) in [6.45, 7) is 8.57. The molecule has 1 aromatic rings. The third-order valence-electron chi connectivity index (χ3n) is 3.27. The number of benzene rings is 1. The van der Waals surface area contributed by atoms with Crippen LogP contribution in [-0.2, 0) is 11.3 Å². The molecule has 5 nitrogen and oxygen atoms in total. The summed E-state index contributed by atoms with van der Waals surface area (Å²) in [5.74, 6) is 0.893. The van der Waals surface area contributed by atoms with E-state index in [9.17, 15) is 4.79 Å². The molecule has 23 heavy (non-hydrogen) atoms. The average Bonchev–Trinajstić information content (AvgIpc) is 2.53. The van der Waals surface area contributed by atoms with Crippen LogP contribution in [-0.4, -0.2) is 25.0 Å². The average molecular weight is 318 g/mol. The number of anilines is 1. The summed E-state index contributed by atoms with van der Waals surface area (Å²) >= 11 is 0. The summed E-state index contributed by atoms with van der Waals surface area (Å²) in [6, 6.07) is 7.86. The Balaban J connectivity index is 2.63. The molecule has 0 radical (unpaired) electrons. The third-order valence-corrected chi connectivity index (χ3v) is 3.27. The van der Waals surface area contributed by atoms with Crippen LogP contribution in [0.15, 0.2) is 29.3 Å². The van der Waals surface area contributed by atoms with E-state index in [0.717, 1.165) is 49.6 Å². The summed E-state index contributed by atoms with van der Waals surface area (Å²) in [6.07, 6.45) is 3.69. The first-order valence-electron chi connectivity index (χ1n) is 8.60. The van der Waals surface area contributed by atoms with Crippen molar-refractivity contribution in [2.75, 3.05) is 18.4 Å². The van der Waals surface area contributed by atoms with Gasteiger partial charge in [-0.2, -0.15) is 0 Å². The number of carbonyl (C=O) groups is 1. The minimum atomic E-state index is 0.0581. The number of guanidine groups is 1. The van der Waals surface area contributed by atoms with Gasteiger partial charge < -0.3 is 16.0 Å². The third kappa shape index (κ3) is 8.24. The van der Waals surface area contributed by atoms with Gasteiger partial charge in [-0.25, -0.2) is 4.99 Å². The maximum Gasteiger partial charge on any atom is 0.224 e. The van der Waals surface area contributed by atoms with E-state index in [4.69, 9.17) is 0 Å². The van der Waals surface area contributed by atoms with Crippen LogP contribution < -0.4 is 16.0 Å². The molecule has 0 aromatic heterocycles. The lowest BCUT2D eigenvalue weighted by Crippen LogP contribution is -2.37. The normalized spacial score (nSPS) is 11.2. The number of hydrogen-bond donors (Lipinski definition) is 3. The van der Waals surface area contributed by atoms with Gasteiger partial charge in [0.15, 0.2) is 5.96 Å². The number of nitrogens with one attached hydrogen (secondary N) is 3. The van der Waals surface area contributed by atoms with Gasteiger partial charge in [0.25, 0.3) is 0 Å². The molecule has 1 rings (SSSR count). The van der Waals surface area contributed by atoms with E-state index in [2.05, 4.69) is 34.8 Å². The Morgan fingerprint density at radius 1 is 1.13 bits per heavy atom. The molecule has 5 heteroatoms. The highest BCUT2D eigenvalue weighted by atomic mass is 16.1. The fourth-order valence-electron chi connectivity index (χ4n) is 2.09. The predicted molar refractivity (Wildman–Crippen MR) is 97.7 cm³/mol. The second-order valence-corrected chi connectivity index (χ2v) is 5.47. The molecule has 1 amide bonds. The number of nitrogens with zero attached hydrogens (tertiary/aromatic N) is 1. The van der Waals surface area contributed by atoms with E-state index in [-0.39, 0.29) is 5.91 Å². The molecule has 0 heterocycles. The summed E-state index contributed by atoms with van der Waals surface area (Å²) in [4.78, 5) is 16.3. The number of rotatable bonds is 9. The Morgan fingerprint density at radius 2 is 1.96 bits per heavy atom. The number of aliphatic imine (C=N–C) groups is 1. The maximum atomic E-state index is 11.7. The van der Waals surface area contributed by atoms with Crippen molar-refractivity contribution >= 4 is 17.6 Å².